The van der Waals surface area contributed by atoms with Crippen molar-refractivity contribution in [1.82, 2.24) is 10.6 Å². The molecular formula is C9H16N2O2S. The fourth-order valence-electron chi connectivity index (χ4n) is 0.860. The molecule has 0 rings (SSSR count). The SMILES string of the molecule is C=CCCNC(=O)C(CS)NC(C)=O. The summed E-state index contributed by atoms with van der Waals surface area (Å²) in [6.45, 7) is 5.44. The van der Waals surface area contributed by atoms with Crippen LogP contribution in [0.1, 0.15) is 13.3 Å². The van der Waals surface area contributed by atoms with Crippen molar-refractivity contribution in [2.24, 2.45) is 0 Å². The fraction of sp³-hybridized carbons (Fsp3) is 0.556. The molecule has 0 bridgehead atoms. The second kappa shape index (κ2) is 7.44. The Morgan fingerprint density at radius 2 is 2.21 bits per heavy atom. The summed E-state index contributed by atoms with van der Waals surface area (Å²) < 4.78 is 0. The molecule has 0 heterocycles. The van der Waals surface area contributed by atoms with Crippen LogP contribution in [0.5, 0.6) is 0 Å². The van der Waals surface area contributed by atoms with Gasteiger partial charge < -0.3 is 10.6 Å². The third-order valence-electron chi connectivity index (χ3n) is 1.52. The van der Waals surface area contributed by atoms with Crippen molar-refractivity contribution in [2.75, 3.05) is 12.3 Å². The van der Waals surface area contributed by atoms with Crippen molar-refractivity contribution >= 4 is 24.4 Å². The Labute approximate surface area is 89.5 Å². The lowest BCUT2D eigenvalue weighted by atomic mass is 10.3. The minimum Gasteiger partial charge on any atom is -0.354 e. The molecule has 4 nitrogen and oxygen atoms in total. The van der Waals surface area contributed by atoms with Gasteiger partial charge in [-0.3, -0.25) is 9.59 Å². The summed E-state index contributed by atoms with van der Waals surface area (Å²) in [6.07, 6.45) is 2.43. The highest BCUT2D eigenvalue weighted by atomic mass is 32.1. The van der Waals surface area contributed by atoms with Gasteiger partial charge in [-0.15, -0.1) is 6.58 Å². The summed E-state index contributed by atoms with van der Waals surface area (Å²) in [5, 5.41) is 5.17. The van der Waals surface area contributed by atoms with Gasteiger partial charge in [0.05, 0.1) is 0 Å². The molecule has 1 atom stereocenters. The molecule has 0 spiro atoms. The first-order valence-electron chi connectivity index (χ1n) is 4.38. The minimum absolute atomic E-state index is 0.211. The molecular weight excluding hydrogens is 200 g/mol. The normalized spacial score (nSPS) is 11.6. The molecule has 0 aromatic carbocycles. The molecule has 0 aliphatic carbocycles. The zero-order valence-corrected chi connectivity index (χ0v) is 9.14. The van der Waals surface area contributed by atoms with Crippen LogP contribution in [0.15, 0.2) is 12.7 Å². The largest absolute Gasteiger partial charge is 0.354 e. The fourth-order valence-corrected chi connectivity index (χ4v) is 1.12. The van der Waals surface area contributed by atoms with Gasteiger partial charge in [0.1, 0.15) is 6.04 Å². The Kier molecular flexibility index (Phi) is 6.92. The van der Waals surface area contributed by atoms with Gasteiger partial charge >= 0.3 is 0 Å². The van der Waals surface area contributed by atoms with E-state index in [0.717, 1.165) is 0 Å². The maximum absolute atomic E-state index is 11.4. The molecule has 1 unspecified atom stereocenters. The maximum atomic E-state index is 11.4. The van der Waals surface area contributed by atoms with Crippen molar-refractivity contribution in [3.63, 3.8) is 0 Å². The Morgan fingerprint density at radius 3 is 2.64 bits per heavy atom. The van der Waals surface area contributed by atoms with Gasteiger partial charge in [-0.1, -0.05) is 6.08 Å². The van der Waals surface area contributed by atoms with E-state index in [1.54, 1.807) is 6.08 Å². The molecule has 0 aromatic heterocycles. The van der Waals surface area contributed by atoms with E-state index in [0.29, 0.717) is 18.7 Å². The van der Waals surface area contributed by atoms with Crippen molar-refractivity contribution in [3.8, 4) is 0 Å². The van der Waals surface area contributed by atoms with Crippen LogP contribution in [-0.4, -0.2) is 30.2 Å². The van der Waals surface area contributed by atoms with Crippen molar-refractivity contribution in [2.45, 2.75) is 19.4 Å². The Morgan fingerprint density at radius 1 is 1.57 bits per heavy atom. The Balaban J connectivity index is 3.91. The number of nitrogens with one attached hydrogen (secondary N) is 2. The first-order valence-corrected chi connectivity index (χ1v) is 5.01. The van der Waals surface area contributed by atoms with E-state index in [1.807, 2.05) is 0 Å². The summed E-state index contributed by atoms with van der Waals surface area (Å²) in [5.74, 6) is -0.153. The van der Waals surface area contributed by atoms with E-state index in [2.05, 4.69) is 29.8 Å². The van der Waals surface area contributed by atoms with Crippen LogP contribution < -0.4 is 10.6 Å². The molecule has 80 valence electrons. The van der Waals surface area contributed by atoms with Gasteiger partial charge in [0, 0.05) is 19.2 Å². The summed E-state index contributed by atoms with van der Waals surface area (Å²) in [5.41, 5.74) is 0. The number of thiol groups is 1. The van der Waals surface area contributed by atoms with Crippen molar-refractivity contribution < 1.29 is 9.59 Å². The van der Waals surface area contributed by atoms with Crippen LogP contribution >= 0.6 is 12.6 Å². The molecule has 0 aliphatic heterocycles. The minimum atomic E-state index is -0.555. The predicted molar refractivity (Wildman–Crippen MR) is 59.3 cm³/mol. The zero-order chi connectivity index (χ0) is 11.0. The molecule has 0 radical (unpaired) electrons. The van der Waals surface area contributed by atoms with Crippen molar-refractivity contribution in [1.29, 1.82) is 0 Å². The number of hydrogen-bond donors (Lipinski definition) is 3. The smallest absolute Gasteiger partial charge is 0.243 e. The summed E-state index contributed by atoms with van der Waals surface area (Å²) in [6, 6.07) is -0.555. The van der Waals surface area contributed by atoms with Gasteiger partial charge in [-0.25, -0.2) is 0 Å². The van der Waals surface area contributed by atoms with Crippen LogP contribution in [0.2, 0.25) is 0 Å². The van der Waals surface area contributed by atoms with Crippen molar-refractivity contribution in [3.05, 3.63) is 12.7 Å². The zero-order valence-electron chi connectivity index (χ0n) is 8.25. The molecule has 0 saturated heterocycles. The number of carbonyl (C=O) groups excluding carboxylic acids is 2. The molecule has 2 amide bonds. The summed E-state index contributed by atoms with van der Waals surface area (Å²) in [4.78, 5) is 22.1. The van der Waals surface area contributed by atoms with Gasteiger partial charge in [-0.2, -0.15) is 12.6 Å². The topological polar surface area (TPSA) is 58.2 Å². The quantitative estimate of drug-likeness (QED) is 0.335. The maximum Gasteiger partial charge on any atom is 0.243 e. The second-order valence-electron chi connectivity index (χ2n) is 2.80. The second-order valence-corrected chi connectivity index (χ2v) is 3.17. The van der Waals surface area contributed by atoms with E-state index in [-0.39, 0.29) is 11.8 Å². The number of carbonyl (C=O) groups is 2. The van der Waals surface area contributed by atoms with Gasteiger partial charge in [0.2, 0.25) is 11.8 Å². The van der Waals surface area contributed by atoms with Crippen LogP contribution in [0, 0.1) is 0 Å². The Bertz CT molecular complexity index is 219. The van der Waals surface area contributed by atoms with Crippen LogP contribution in [0.25, 0.3) is 0 Å². The van der Waals surface area contributed by atoms with E-state index in [9.17, 15) is 9.59 Å². The predicted octanol–water partition coefficient (Wildman–Crippen LogP) is 0.113. The molecule has 14 heavy (non-hydrogen) atoms. The highest BCUT2D eigenvalue weighted by Crippen LogP contribution is 1.89. The molecule has 2 N–H and O–H groups in total. The molecule has 0 aromatic rings. The average Bonchev–Trinajstić information content (AvgIpc) is 2.14. The van der Waals surface area contributed by atoms with Crippen LogP contribution in [-0.2, 0) is 9.59 Å². The lowest BCUT2D eigenvalue weighted by molar-refractivity contribution is -0.127. The van der Waals surface area contributed by atoms with E-state index in [1.165, 1.54) is 6.92 Å². The molecule has 5 heteroatoms. The van der Waals surface area contributed by atoms with Gasteiger partial charge in [-0.05, 0) is 6.42 Å². The third kappa shape index (κ3) is 5.64. The lowest BCUT2D eigenvalue weighted by Gasteiger charge is -2.14. The lowest BCUT2D eigenvalue weighted by Crippen LogP contribution is -2.47. The molecule has 0 aliphatic rings. The standard InChI is InChI=1S/C9H16N2O2S/c1-3-4-5-10-9(13)8(6-14)11-7(2)12/h3,8,14H,1,4-6H2,2H3,(H,10,13)(H,11,12). The van der Waals surface area contributed by atoms with E-state index < -0.39 is 6.04 Å². The van der Waals surface area contributed by atoms with E-state index in [4.69, 9.17) is 0 Å². The van der Waals surface area contributed by atoms with Gasteiger partial charge in [0.25, 0.3) is 0 Å². The molecule has 0 saturated carbocycles. The summed E-state index contributed by atoms with van der Waals surface area (Å²) in [7, 11) is 0. The van der Waals surface area contributed by atoms with Crippen LogP contribution in [0.3, 0.4) is 0 Å². The molecule has 0 fully saturated rings. The third-order valence-corrected chi connectivity index (χ3v) is 1.89. The number of rotatable bonds is 6. The Hall–Kier alpha value is -0.970. The first kappa shape index (κ1) is 13.0. The monoisotopic (exact) mass is 216 g/mol. The van der Waals surface area contributed by atoms with Crippen LogP contribution in [0.4, 0.5) is 0 Å². The number of amides is 2. The highest BCUT2D eigenvalue weighted by Gasteiger charge is 2.16. The summed E-state index contributed by atoms with van der Waals surface area (Å²) >= 11 is 3.98. The van der Waals surface area contributed by atoms with Gasteiger partial charge in [0.15, 0.2) is 0 Å². The average molecular weight is 216 g/mol. The van der Waals surface area contributed by atoms with E-state index >= 15 is 0 Å². The first-order chi connectivity index (χ1) is 6.61. The number of hydrogen-bond acceptors (Lipinski definition) is 3. The highest BCUT2D eigenvalue weighted by molar-refractivity contribution is 7.80.